The van der Waals surface area contributed by atoms with Crippen molar-refractivity contribution in [2.24, 2.45) is 11.1 Å². The Hall–Kier alpha value is -1.44. The predicted molar refractivity (Wildman–Crippen MR) is 70.1 cm³/mol. The van der Waals surface area contributed by atoms with Gasteiger partial charge in [0.1, 0.15) is 11.9 Å². The van der Waals surface area contributed by atoms with Gasteiger partial charge in [-0.25, -0.2) is 4.39 Å². The maximum Gasteiger partial charge on any atom is 0.180 e. The van der Waals surface area contributed by atoms with Gasteiger partial charge >= 0.3 is 0 Å². The molecule has 1 unspecified atom stereocenters. The van der Waals surface area contributed by atoms with E-state index in [9.17, 15) is 9.18 Å². The number of carbonyl (C=O) groups is 1. The van der Waals surface area contributed by atoms with Gasteiger partial charge < -0.3 is 5.73 Å². The molecule has 3 nitrogen and oxygen atoms in total. The summed E-state index contributed by atoms with van der Waals surface area (Å²) < 4.78 is 13.4. The predicted octanol–water partition coefficient (Wildman–Crippen LogP) is 2.68. The minimum absolute atomic E-state index is 0. The van der Waals surface area contributed by atoms with Gasteiger partial charge in [0.05, 0.1) is 11.6 Å². The number of hydrogen-bond acceptors (Lipinski definition) is 3. The highest BCUT2D eigenvalue weighted by atomic mass is 35.5. The van der Waals surface area contributed by atoms with Gasteiger partial charge in [0.25, 0.3) is 0 Å². The zero-order chi connectivity index (χ0) is 13.2. The minimum atomic E-state index is -0.699. The quantitative estimate of drug-likeness (QED) is 0.840. The largest absolute Gasteiger partial charge is 0.321 e. The van der Waals surface area contributed by atoms with Crippen molar-refractivity contribution in [2.45, 2.75) is 26.8 Å². The molecule has 5 heteroatoms. The molecule has 0 fully saturated rings. The molecule has 18 heavy (non-hydrogen) atoms. The van der Waals surface area contributed by atoms with Crippen molar-refractivity contribution in [3.05, 3.63) is 35.1 Å². The van der Waals surface area contributed by atoms with Crippen molar-refractivity contribution >= 4 is 18.2 Å². The highest BCUT2D eigenvalue weighted by Crippen LogP contribution is 2.21. The van der Waals surface area contributed by atoms with E-state index in [0.29, 0.717) is 0 Å². The maximum absolute atomic E-state index is 13.4. The molecule has 0 aliphatic rings. The molecule has 1 rings (SSSR count). The number of Topliss-reactive ketones (excluding diaryl/α,β-unsaturated/α-hetero) is 1. The third-order valence-corrected chi connectivity index (χ3v) is 2.59. The van der Waals surface area contributed by atoms with Crippen LogP contribution in [0.1, 0.15) is 36.7 Å². The number of nitrogens with two attached hydrogens (primary N) is 1. The van der Waals surface area contributed by atoms with Gasteiger partial charge in [0.15, 0.2) is 5.78 Å². The van der Waals surface area contributed by atoms with Crippen LogP contribution in [0.4, 0.5) is 4.39 Å². The highest BCUT2D eigenvalue weighted by Gasteiger charge is 2.28. The first-order valence-corrected chi connectivity index (χ1v) is 5.27. The van der Waals surface area contributed by atoms with Crippen LogP contribution in [0.2, 0.25) is 0 Å². The van der Waals surface area contributed by atoms with Crippen molar-refractivity contribution in [3.8, 4) is 6.07 Å². The number of ketones is 1. The molecule has 1 atom stereocenters. The summed E-state index contributed by atoms with van der Waals surface area (Å²) in [7, 11) is 0. The zero-order valence-corrected chi connectivity index (χ0v) is 11.3. The number of halogens is 2. The zero-order valence-electron chi connectivity index (χ0n) is 10.5. The summed E-state index contributed by atoms with van der Waals surface area (Å²) in [6, 6.07) is 4.78. The van der Waals surface area contributed by atoms with Crippen molar-refractivity contribution in [2.75, 3.05) is 0 Å². The second-order valence-corrected chi connectivity index (χ2v) is 5.01. The summed E-state index contributed by atoms with van der Waals surface area (Å²) in [4.78, 5) is 12.0. The van der Waals surface area contributed by atoms with E-state index in [1.54, 1.807) is 6.07 Å². The topological polar surface area (TPSA) is 66.9 Å². The lowest BCUT2D eigenvalue weighted by Crippen LogP contribution is -2.42. The molecule has 0 saturated carbocycles. The molecule has 0 amide bonds. The Kier molecular flexibility index (Phi) is 5.47. The summed E-state index contributed by atoms with van der Waals surface area (Å²) in [5, 5.41) is 8.59. The van der Waals surface area contributed by atoms with E-state index in [4.69, 9.17) is 11.0 Å². The molecule has 98 valence electrons. The minimum Gasteiger partial charge on any atom is -0.321 e. The Morgan fingerprint density at radius 3 is 2.39 bits per heavy atom. The van der Waals surface area contributed by atoms with E-state index in [-0.39, 0.29) is 34.7 Å². The molecule has 1 aromatic rings. The average molecular weight is 271 g/mol. The molecule has 0 aliphatic carbocycles. The Morgan fingerprint density at radius 2 is 2.00 bits per heavy atom. The summed E-state index contributed by atoms with van der Waals surface area (Å²) in [6.07, 6.45) is 0. The van der Waals surface area contributed by atoms with E-state index in [2.05, 4.69) is 0 Å². The normalized spacial score (nSPS) is 12.2. The molecular formula is C13H16ClFN2O. The second-order valence-electron chi connectivity index (χ2n) is 5.01. The second kappa shape index (κ2) is 5.94. The van der Waals surface area contributed by atoms with Gasteiger partial charge in [-0.3, -0.25) is 4.79 Å². The number of nitriles is 1. The Labute approximate surface area is 112 Å². The summed E-state index contributed by atoms with van der Waals surface area (Å²) in [5.74, 6) is -1.01. The van der Waals surface area contributed by atoms with Crippen LogP contribution in [0.3, 0.4) is 0 Å². The maximum atomic E-state index is 13.4. The lowest BCUT2D eigenvalue weighted by Gasteiger charge is -2.25. The molecule has 0 bridgehead atoms. The number of hydrogen-bond donors (Lipinski definition) is 1. The first kappa shape index (κ1) is 16.6. The highest BCUT2D eigenvalue weighted by molar-refractivity contribution is 6.00. The molecule has 0 aliphatic heterocycles. The molecule has 2 N–H and O–H groups in total. The fourth-order valence-electron chi connectivity index (χ4n) is 1.33. The van der Waals surface area contributed by atoms with Gasteiger partial charge in [-0.05, 0) is 23.6 Å². The molecule has 0 heterocycles. The number of benzene rings is 1. The third-order valence-electron chi connectivity index (χ3n) is 2.59. The van der Waals surface area contributed by atoms with Crippen LogP contribution in [0.5, 0.6) is 0 Å². The van der Waals surface area contributed by atoms with Crippen LogP contribution in [0, 0.1) is 22.6 Å². The number of nitrogens with zero attached hydrogens (tertiary/aromatic N) is 1. The van der Waals surface area contributed by atoms with Gasteiger partial charge in [0, 0.05) is 5.56 Å². The van der Waals surface area contributed by atoms with Crippen LogP contribution in [-0.4, -0.2) is 11.8 Å². The molecule has 0 aromatic heterocycles. The fraction of sp³-hybridized carbons (Fsp3) is 0.385. The molecule has 1 aromatic carbocycles. The SMILES string of the molecule is CC(C)(C)C(N)C(=O)c1ccc(C#N)c(F)c1.Cl. The van der Waals surface area contributed by atoms with Crippen LogP contribution in [0.25, 0.3) is 0 Å². The standard InChI is InChI=1S/C13H15FN2O.ClH/c1-13(2,3)12(16)11(17)8-4-5-9(7-15)10(14)6-8;/h4-6,12H,16H2,1-3H3;1H. The van der Waals surface area contributed by atoms with Gasteiger partial charge in [0.2, 0.25) is 0 Å². The van der Waals surface area contributed by atoms with E-state index in [1.165, 1.54) is 12.1 Å². The number of rotatable bonds is 2. The van der Waals surface area contributed by atoms with Crippen LogP contribution in [-0.2, 0) is 0 Å². The van der Waals surface area contributed by atoms with Gasteiger partial charge in [-0.2, -0.15) is 5.26 Å². The van der Waals surface area contributed by atoms with Gasteiger partial charge in [-0.1, -0.05) is 20.8 Å². The molecule has 0 radical (unpaired) electrons. The molecular weight excluding hydrogens is 255 g/mol. The summed E-state index contributed by atoms with van der Waals surface area (Å²) in [6.45, 7) is 5.53. The molecule has 0 saturated heterocycles. The van der Waals surface area contributed by atoms with E-state index in [1.807, 2.05) is 20.8 Å². The van der Waals surface area contributed by atoms with Gasteiger partial charge in [-0.15, -0.1) is 12.4 Å². The van der Waals surface area contributed by atoms with E-state index >= 15 is 0 Å². The Bertz CT molecular complexity index is 489. The smallest absolute Gasteiger partial charge is 0.180 e. The average Bonchev–Trinajstić information content (AvgIpc) is 2.25. The van der Waals surface area contributed by atoms with Crippen molar-refractivity contribution in [1.82, 2.24) is 0 Å². The summed E-state index contributed by atoms with van der Waals surface area (Å²) >= 11 is 0. The first-order valence-electron chi connectivity index (χ1n) is 5.27. The van der Waals surface area contributed by atoms with E-state index in [0.717, 1.165) is 6.07 Å². The van der Waals surface area contributed by atoms with Crippen molar-refractivity contribution in [1.29, 1.82) is 5.26 Å². The fourth-order valence-corrected chi connectivity index (χ4v) is 1.33. The summed E-state index contributed by atoms with van der Waals surface area (Å²) in [5.41, 5.74) is 5.54. The Morgan fingerprint density at radius 1 is 1.44 bits per heavy atom. The van der Waals surface area contributed by atoms with Crippen molar-refractivity contribution in [3.63, 3.8) is 0 Å². The first-order chi connectivity index (χ1) is 7.77. The third kappa shape index (κ3) is 3.52. The van der Waals surface area contributed by atoms with Crippen LogP contribution in [0.15, 0.2) is 18.2 Å². The molecule has 0 spiro atoms. The van der Waals surface area contributed by atoms with Crippen LogP contribution >= 0.6 is 12.4 Å². The lowest BCUT2D eigenvalue weighted by molar-refractivity contribution is 0.0901. The Balaban J connectivity index is 0.00000289. The number of carbonyl (C=O) groups excluding carboxylic acids is 1. The van der Waals surface area contributed by atoms with Crippen LogP contribution < -0.4 is 5.73 Å². The lowest BCUT2D eigenvalue weighted by atomic mass is 9.83. The van der Waals surface area contributed by atoms with Crippen molar-refractivity contribution < 1.29 is 9.18 Å². The van der Waals surface area contributed by atoms with E-state index < -0.39 is 11.9 Å². The monoisotopic (exact) mass is 270 g/mol.